The van der Waals surface area contributed by atoms with Crippen molar-refractivity contribution in [3.63, 3.8) is 0 Å². The highest BCUT2D eigenvalue weighted by molar-refractivity contribution is 6.39. The molecule has 0 saturated carbocycles. The van der Waals surface area contributed by atoms with Gasteiger partial charge in [-0.25, -0.2) is 9.59 Å². The normalized spacial score (nSPS) is 21.4. The Morgan fingerprint density at radius 1 is 1.38 bits per heavy atom. The van der Waals surface area contributed by atoms with E-state index in [4.69, 9.17) is 27.9 Å². The summed E-state index contributed by atoms with van der Waals surface area (Å²) < 4.78 is 5.13. The Morgan fingerprint density at radius 2 is 2.00 bits per heavy atom. The van der Waals surface area contributed by atoms with Gasteiger partial charge in [0, 0.05) is 20.1 Å². The monoisotopic (exact) mass is 332 g/mol. The smallest absolute Gasteiger partial charge is 0.326 e. The third kappa shape index (κ3) is 3.40. The van der Waals surface area contributed by atoms with Gasteiger partial charge in [0.05, 0.1) is 21.8 Å². The molecule has 0 bridgehead atoms. The number of ether oxygens (including phenoxy) is 1. The van der Waals surface area contributed by atoms with Crippen molar-refractivity contribution in [2.24, 2.45) is 0 Å². The van der Waals surface area contributed by atoms with Crippen LogP contribution in [0, 0.1) is 0 Å². The molecule has 21 heavy (non-hydrogen) atoms. The van der Waals surface area contributed by atoms with Gasteiger partial charge in [-0.2, -0.15) is 0 Å². The minimum absolute atomic E-state index is 0.196. The molecule has 1 aliphatic rings. The highest BCUT2D eigenvalue weighted by atomic mass is 35.5. The van der Waals surface area contributed by atoms with Crippen molar-refractivity contribution in [2.75, 3.05) is 19.0 Å². The van der Waals surface area contributed by atoms with E-state index in [0.29, 0.717) is 0 Å². The topological polar surface area (TPSA) is 78.9 Å². The van der Waals surface area contributed by atoms with Crippen LogP contribution in [-0.4, -0.2) is 47.8 Å². The summed E-state index contributed by atoms with van der Waals surface area (Å²) in [6.45, 7) is 0.196. The molecule has 2 N–H and O–H groups in total. The second-order valence-corrected chi connectivity index (χ2v) is 5.44. The van der Waals surface area contributed by atoms with Gasteiger partial charge >= 0.3 is 12.0 Å². The zero-order valence-electron chi connectivity index (χ0n) is 11.2. The number of amides is 2. The Balaban J connectivity index is 2.17. The van der Waals surface area contributed by atoms with Crippen molar-refractivity contribution in [1.82, 2.24) is 4.90 Å². The number of nitrogens with one attached hydrogen (secondary N) is 1. The number of para-hydroxylation sites is 1. The molecule has 0 spiro atoms. The van der Waals surface area contributed by atoms with Crippen molar-refractivity contribution >= 4 is 40.9 Å². The number of nitrogens with zero attached hydrogens (tertiary/aromatic N) is 1. The molecular weight excluding hydrogens is 319 g/mol. The predicted molar refractivity (Wildman–Crippen MR) is 79.0 cm³/mol. The van der Waals surface area contributed by atoms with Crippen molar-refractivity contribution in [2.45, 2.75) is 18.6 Å². The minimum Gasteiger partial charge on any atom is -0.480 e. The van der Waals surface area contributed by atoms with Crippen LogP contribution < -0.4 is 5.32 Å². The van der Waals surface area contributed by atoms with Gasteiger partial charge in [0.25, 0.3) is 0 Å². The van der Waals surface area contributed by atoms with Crippen LogP contribution in [0.4, 0.5) is 10.5 Å². The fraction of sp³-hybridized carbons (Fsp3) is 0.385. The number of hydrogen-bond donors (Lipinski definition) is 2. The molecule has 6 nitrogen and oxygen atoms in total. The van der Waals surface area contributed by atoms with Crippen molar-refractivity contribution in [3.8, 4) is 0 Å². The van der Waals surface area contributed by atoms with Gasteiger partial charge in [0.1, 0.15) is 6.04 Å². The van der Waals surface area contributed by atoms with Crippen LogP contribution in [0.2, 0.25) is 10.0 Å². The Morgan fingerprint density at radius 3 is 2.52 bits per heavy atom. The lowest BCUT2D eigenvalue weighted by Gasteiger charge is -2.22. The highest BCUT2D eigenvalue weighted by Gasteiger charge is 2.40. The number of hydrogen-bond acceptors (Lipinski definition) is 3. The van der Waals surface area contributed by atoms with Crippen LogP contribution in [0.3, 0.4) is 0 Å². The third-order valence-corrected chi connectivity index (χ3v) is 3.97. The van der Waals surface area contributed by atoms with Gasteiger partial charge in [0.2, 0.25) is 0 Å². The maximum Gasteiger partial charge on any atom is 0.326 e. The fourth-order valence-corrected chi connectivity index (χ4v) is 2.71. The van der Waals surface area contributed by atoms with E-state index in [0.717, 1.165) is 0 Å². The summed E-state index contributed by atoms with van der Waals surface area (Å²) in [7, 11) is 1.48. The summed E-state index contributed by atoms with van der Waals surface area (Å²) in [4.78, 5) is 24.7. The van der Waals surface area contributed by atoms with Crippen molar-refractivity contribution in [1.29, 1.82) is 0 Å². The zero-order valence-corrected chi connectivity index (χ0v) is 12.7. The Bertz CT molecular complexity index is 547. The van der Waals surface area contributed by atoms with Crippen LogP contribution in [0.25, 0.3) is 0 Å². The first-order valence-corrected chi connectivity index (χ1v) is 6.97. The quantitative estimate of drug-likeness (QED) is 0.891. The lowest BCUT2D eigenvalue weighted by atomic mass is 10.2. The number of anilines is 1. The number of carboxylic acid groups (broad SMARTS) is 1. The standard InChI is InChI=1S/C13H14Cl2N2O4/c1-21-7-5-10(12(18)19)17(6-7)13(20)16-11-8(14)3-2-4-9(11)15/h2-4,7,10H,5-6H2,1H3,(H,16,20)(H,18,19). The molecule has 0 aromatic heterocycles. The number of aliphatic carboxylic acids is 1. The van der Waals surface area contributed by atoms with E-state index in [9.17, 15) is 14.7 Å². The fourth-order valence-electron chi connectivity index (χ4n) is 2.22. The number of likely N-dealkylation sites (tertiary alicyclic amines) is 1. The van der Waals surface area contributed by atoms with Crippen molar-refractivity contribution in [3.05, 3.63) is 28.2 Å². The molecule has 1 fully saturated rings. The minimum atomic E-state index is -1.07. The lowest BCUT2D eigenvalue weighted by Crippen LogP contribution is -2.43. The highest BCUT2D eigenvalue weighted by Crippen LogP contribution is 2.31. The number of rotatable bonds is 3. The average Bonchev–Trinajstić information content (AvgIpc) is 2.87. The van der Waals surface area contributed by atoms with E-state index in [1.165, 1.54) is 12.0 Å². The van der Waals surface area contributed by atoms with E-state index in [-0.39, 0.29) is 34.8 Å². The van der Waals surface area contributed by atoms with Gasteiger partial charge in [-0.1, -0.05) is 29.3 Å². The summed E-state index contributed by atoms with van der Waals surface area (Å²) in [6.07, 6.45) is -0.0613. The molecule has 2 amide bonds. The van der Waals surface area contributed by atoms with Crippen LogP contribution in [0.5, 0.6) is 0 Å². The van der Waals surface area contributed by atoms with Gasteiger partial charge in [-0.3, -0.25) is 0 Å². The van der Waals surface area contributed by atoms with Crippen LogP contribution >= 0.6 is 23.2 Å². The maximum absolute atomic E-state index is 12.3. The first-order valence-electron chi connectivity index (χ1n) is 6.21. The predicted octanol–water partition coefficient (Wildman–Crippen LogP) is 2.70. The average molecular weight is 333 g/mol. The number of carbonyl (C=O) groups is 2. The third-order valence-electron chi connectivity index (χ3n) is 3.34. The number of urea groups is 1. The largest absolute Gasteiger partial charge is 0.480 e. The molecule has 0 radical (unpaired) electrons. The molecule has 1 aliphatic heterocycles. The molecule has 0 aliphatic carbocycles. The second kappa shape index (κ2) is 6.51. The number of methoxy groups -OCH3 is 1. The number of carboxylic acids is 1. The van der Waals surface area contributed by atoms with Crippen molar-refractivity contribution < 1.29 is 19.4 Å². The second-order valence-electron chi connectivity index (χ2n) is 4.63. The summed E-state index contributed by atoms with van der Waals surface area (Å²) in [5.74, 6) is -1.07. The molecule has 2 atom stereocenters. The van der Waals surface area contributed by atoms with Gasteiger partial charge in [0.15, 0.2) is 0 Å². The van der Waals surface area contributed by atoms with Crippen LogP contribution in [-0.2, 0) is 9.53 Å². The van der Waals surface area contributed by atoms with E-state index in [2.05, 4.69) is 5.32 Å². The number of carbonyl (C=O) groups excluding carboxylic acids is 1. The number of benzene rings is 1. The summed E-state index contributed by atoms with van der Waals surface area (Å²) in [5.41, 5.74) is 0.260. The molecule has 1 heterocycles. The van der Waals surface area contributed by atoms with E-state index in [1.807, 2.05) is 0 Å². The van der Waals surface area contributed by atoms with Crippen LogP contribution in [0.1, 0.15) is 6.42 Å². The molecule has 8 heteroatoms. The Hall–Kier alpha value is -1.50. The maximum atomic E-state index is 12.3. The molecule has 1 aromatic carbocycles. The first kappa shape index (κ1) is 15.9. The summed E-state index contributed by atoms with van der Waals surface area (Å²) in [5, 5.41) is 12.3. The number of halogens is 2. The Labute approximate surface area is 131 Å². The van der Waals surface area contributed by atoms with E-state index < -0.39 is 18.0 Å². The van der Waals surface area contributed by atoms with Gasteiger partial charge in [-0.05, 0) is 12.1 Å². The molecular formula is C13H14Cl2N2O4. The van der Waals surface area contributed by atoms with Gasteiger partial charge in [-0.15, -0.1) is 0 Å². The first-order chi connectivity index (χ1) is 9.93. The van der Waals surface area contributed by atoms with E-state index >= 15 is 0 Å². The molecule has 1 aromatic rings. The molecule has 2 unspecified atom stereocenters. The summed E-state index contributed by atoms with van der Waals surface area (Å²) in [6, 6.07) is 3.31. The SMILES string of the molecule is COC1CC(C(=O)O)N(C(=O)Nc2c(Cl)cccc2Cl)C1. The molecule has 114 valence electrons. The lowest BCUT2D eigenvalue weighted by molar-refractivity contribution is -0.141. The zero-order chi connectivity index (χ0) is 15.6. The Kier molecular flexibility index (Phi) is 4.92. The summed E-state index contributed by atoms with van der Waals surface area (Å²) >= 11 is 12.0. The van der Waals surface area contributed by atoms with Crippen LogP contribution in [0.15, 0.2) is 18.2 Å². The van der Waals surface area contributed by atoms with Gasteiger partial charge < -0.3 is 20.1 Å². The van der Waals surface area contributed by atoms with E-state index in [1.54, 1.807) is 18.2 Å². The molecule has 2 rings (SSSR count). The molecule has 1 saturated heterocycles.